The maximum absolute atomic E-state index is 13.6. The molecule has 0 aliphatic carbocycles. The predicted molar refractivity (Wildman–Crippen MR) is 79.1 cm³/mol. The van der Waals surface area contributed by atoms with E-state index in [-0.39, 0.29) is 17.2 Å². The van der Waals surface area contributed by atoms with Gasteiger partial charge in [-0.2, -0.15) is 0 Å². The van der Waals surface area contributed by atoms with E-state index in [4.69, 9.17) is 5.73 Å². The van der Waals surface area contributed by atoms with Crippen LogP contribution in [0.2, 0.25) is 0 Å². The van der Waals surface area contributed by atoms with Crippen LogP contribution in [-0.2, 0) is 13.1 Å². The van der Waals surface area contributed by atoms with Gasteiger partial charge >= 0.3 is 0 Å². The quantitative estimate of drug-likeness (QED) is 0.522. The first-order valence-corrected chi connectivity index (χ1v) is 6.42. The van der Waals surface area contributed by atoms with Crippen LogP contribution in [-0.4, -0.2) is 16.9 Å². The molecule has 0 atom stereocenters. The summed E-state index contributed by atoms with van der Waals surface area (Å²) < 4.78 is 13.6. The molecule has 0 spiro atoms. The summed E-state index contributed by atoms with van der Waals surface area (Å²) in [5.74, 6) is -0.243. The van der Waals surface area contributed by atoms with Crippen LogP contribution in [0.1, 0.15) is 11.1 Å². The molecule has 0 amide bonds. The smallest absolute Gasteiger partial charge is 0.292 e. The van der Waals surface area contributed by atoms with Gasteiger partial charge in [0.15, 0.2) is 0 Å². The molecule has 0 saturated carbocycles. The minimum absolute atomic E-state index is 0.101. The zero-order valence-corrected chi connectivity index (χ0v) is 11.6. The van der Waals surface area contributed by atoms with E-state index in [1.54, 1.807) is 30.3 Å². The van der Waals surface area contributed by atoms with Gasteiger partial charge in [-0.3, -0.25) is 15.0 Å². The normalized spacial score (nSPS) is 10.8. The second-order valence-corrected chi connectivity index (χ2v) is 4.91. The monoisotopic (exact) mass is 289 g/mol. The van der Waals surface area contributed by atoms with Gasteiger partial charge in [0.05, 0.1) is 4.92 Å². The number of anilines is 1. The van der Waals surface area contributed by atoms with E-state index in [2.05, 4.69) is 0 Å². The lowest BCUT2D eigenvalue weighted by Gasteiger charge is -2.17. The molecule has 2 rings (SSSR count). The molecule has 2 aromatic rings. The first kappa shape index (κ1) is 14.9. The molecule has 5 nitrogen and oxygen atoms in total. The number of rotatable bonds is 5. The van der Waals surface area contributed by atoms with Gasteiger partial charge in [-0.25, -0.2) is 4.39 Å². The second-order valence-electron chi connectivity index (χ2n) is 4.91. The van der Waals surface area contributed by atoms with Crippen LogP contribution >= 0.6 is 0 Å². The van der Waals surface area contributed by atoms with E-state index in [0.29, 0.717) is 18.7 Å². The molecule has 21 heavy (non-hydrogen) atoms. The minimum atomic E-state index is -0.512. The minimum Gasteiger partial charge on any atom is -0.393 e. The van der Waals surface area contributed by atoms with Gasteiger partial charge in [0.25, 0.3) is 5.69 Å². The molecule has 0 heterocycles. The summed E-state index contributed by atoms with van der Waals surface area (Å²) in [6, 6.07) is 11.2. The number of nitrogen functional groups attached to an aromatic ring is 1. The zero-order chi connectivity index (χ0) is 15.4. The Labute approximate surface area is 122 Å². The van der Waals surface area contributed by atoms with Gasteiger partial charge in [0, 0.05) is 24.7 Å². The number of nitro groups is 1. The molecule has 0 aliphatic heterocycles. The average molecular weight is 289 g/mol. The van der Waals surface area contributed by atoms with Crippen LogP contribution in [0.4, 0.5) is 15.8 Å². The number of benzene rings is 2. The van der Waals surface area contributed by atoms with E-state index in [9.17, 15) is 14.5 Å². The molecule has 0 saturated heterocycles. The molecule has 2 N–H and O–H groups in total. The maximum atomic E-state index is 13.6. The molecule has 0 fully saturated rings. The summed E-state index contributed by atoms with van der Waals surface area (Å²) in [7, 11) is 1.85. The fourth-order valence-electron chi connectivity index (χ4n) is 2.15. The molecule has 6 heteroatoms. The van der Waals surface area contributed by atoms with Crippen molar-refractivity contribution in [1.29, 1.82) is 0 Å². The van der Waals surface area contributed by atoms with Gasteiger partial charge in [0.1, 0.15) is 11.5 Å². The Morgan fingerprint density at radius 1 is 1.24 bits per heavy atom. The molecule has 0 aliphatic rings. The number of nitrogens with zero attached hydrogens (tertiary/aromatic N) is 2. The third-order valence-corrected chi connectivity index (χ3v) is 3.14. The van der Waals surface area contributed by atoms with E-state index < -0.39 is 4.92 Å². The molecule has 110 valence electrons. The Balaban J connectivity index is 2.06. The van der Waals surface area contributed by atoms with Crippen molar-refractivity contribution in [2.45, 2.75) is 13.1 Å². The first-order chi connectivity index (χ1) is 9.97. The predicted octanol–water partition coefficient (Wildman–Crippen LogP) is 2.95. The van der Waals surface area contributed by atoms with Crippen molar-refractivity contribution in [1.82, 2.24) is 4.90 Å². The third kappa shape index (κ3) is 3.76. The fourth-order valence-corrected chi connectivity index (χ4v) is 2.15. The Morgan fingerprint density at radius 2 is 1.95 bits per heavy atom. The molecule has 0 aromatic heterocycles. The lowest BCUT2D eigenvalue weighted by molar-refractivity contribution is -0.383. The van der Waals surface area contributed by atoms with Crippen molar-refractivity contribution in [2.75, 3.05) is 12.8 Å². The Hall–Kier alpha value is -2.47. The Bertz CT molecular complexity index is 661. The number of hydrogen-bond acceptors (Lipinski definition) is 4. The number of halogens is 1. The van der Waals surface area contributed by atoms with Crippen LogP contribution in [0.3, 0.4) is 0 Å². The molecule has 2 aromatic carbocycles. The maximum Gasteiger partial charge on any atom is 0.292 e. The van der Waals surface area contributed by atoms with Crippen molar-refractivity contribution < 1.29 is 9.31 Å². The molecular formula is C15H16FN3O2. The summed E-state index contributed by atoms with van der Waals surface area (Å²) in [5.41, 5.74) is 7.14. The average Bonchev–Trinajstić information content (AvgIpc) is 2.41. The van der Waals surface area contributed by atoms with Crippen molar-refractivity contribution in [2.24, 2.45) is 0 Å². The Kier molecular flexibility index (Phi) is 4.49. The number of nitro benzene ring substituents is 1. The molecule has 0 unspecified atom stereocenters. The van der Waals surface area contributed by atoms with Crippen LogP contribution in [0.15, 0.2) is 42.5 Å². The molecule has 0 radical (unpaired) electrons. The van der Waals surface area contributed by atoms with Crippen LogP contribution in [0.25, 0.3) is 0 Å². The van der Waals surface area contributed by atoms with Crippen LogP contribution in [0.5, 0.6) is 0 Å². The molecule has 0 bridgehead atoms. The van der Waals surface area contributed by atoms with Gasteiger partial charge < -0.3 is 5.73 Å². The topological polar surface area (TPSA) is 72.4 Å². The fraction of sp³-hybridized carbons (Fsp3) is 0.200. The zero-order valence-electron chi connectivity index (χ0n) is 11.6. The summed E-state index contributed by atoms with van der Waals surface area (Å²) in [6.45, 7) is 0.972. The highest BCUT2D eigenvalue weighted by atomic mass is 19.1. The SMILES string of the molecule is CN(Cc1ccc([N+](=O)[O-])c(N)c1)Cc1ccccc1F. The Morgan fingerprint density at radius 3 is 2.57 bits per heavy atom. The van der Waals surface area contributed by atoms with Gasteiger partial charge in [-0.05, 0) is 24.7 Å². The summed E-state index contributed by atoms with van der Waals surface area (Å²) in [4.78, 5) is 12.1. The van der Waals surface area contributed by atoms with E-state index in [1.165, 1.54) is 12.1 Å². The highest BCUT2D eigenvalue weighted by Crippen LogP contribution is 2.23. The second kappa shape index (κ2) is 6.32. The van der Waals surface area contributed by atoms with Crippen LogP contribution < -0.4 is 5.73 Å². The van der Waals surface area contributed by atoms with Crippen molar-refractivity contribution in [3.05, 3.63) is 69.5 Å². The van der Waals surface area contributed by atoms with E-state index in [0.717, 1.165) is 5.56 Å². The van der Waals surface area contributed by atoms with E-state index >= 15 is 0 Å². The van der Waals surface area contributed by atoms with Gasteiger partial charge in [-0.15, -0.1) is 0 Å². The van der Waals surface area contributed by atoms with Crippen molar-refractivity contribution in [3.8, 4) is 0 Å². The highest BCUT2D eigenvalue weighted by Gasteiger charge is 2.12. The summed E-state index contributed by atoms with van der Waals surface area (Å²) >= 11 is 0. The first-order valence-electron chi connectivity index (χ1n) is 6.42. The summed E-state index contributed by atoms with van der Waals surface area (Å²) in [6.07, 6.45) is 0. The third-order valence-electron chi connectivity index (χ3n) is 3.14. The largest absolute Gasteiger partial charge is 0.393 e. The van der Waals surface area contributed by atoms with Crippen molar-refractivity contribution >= 4 is 11.4 Å². The number of nitrogens with two attached hydrogens (primary N) is 1. The molecular weight excluding hydrogens is 273 g/mol. The highest BCUT2D eigenvalue weighted by molar-refractivity contribution is 5.59. The number of hydrogen-bond donors (Lipinski definition) is 1. The van der Waals surface area contributed by atoms with Crippen molar-refractivity contribution in [3.63, 3.8) is 0 Å². The van der Waals surface area contributed by atoms with E-state index in [1.807, 2.05) is 11.9 Å². The lowest BCUT2D eigenvalue weighted by Crippen LogP contribution is -2.18. The van der Waals surface area contributed by atoms with Crippen LogP contribution in [0, 0.1) is 15.9 Å². The van der Waals surface area contributed by atoms with Gasteiger partial charge in [0.2, 0.25) is 0 Å². The lowest BCUT2D eigenvalue weighted by atomic mass is 10.1. The standard InChI is InChI=1S/C15H16FN3O2/c1-18(10-12-4-2-3-5-13(12)16)9-11-6-7-15(19(20)21)14(17)8-11/h2-8H,9-10,17H2,1H3. The summed E-state index contributed by atoms with van der Waals surface area (Å²) in [5, 5.41) is 10.7. The van der Waals surface area contributed by atoms with Gasteiger partial charge in [-0.1, -0.05) is 24.3 Å².